The van der Waals surface area contributed by atoms with Gasteiger partial charge in [-0.1, -0.05) is 11.6 Å². The predicted octanol–water partition coefficient (Wildman–Crippen LogP) is 2.38. The van der Waals surface area contributed by atoms with Crippen molar-refractivity contribution in [2.75, 3.05) is 25.6 Å². The van der Waals surface area contributed by atoms with E-state index in [1.165, 1.54) is 7.11 Å². The third kappa shape index (κ3) is 4.13. The Bertz CT molecular complexity index is 481. The van der Waals surface area contributed by atoms with Gasteiger partial charge >= 0.3 is 6.09 Å². The lowest BCUT2D eigenvalue weighted by molar-refractivity contribution is 0.187. The molecule has 1 atom stereocenters. The van der Waals surface area contributed by atoms with Crippen molar-refractivity contribution in [1.82, 2.24) is 10.3 Å². The highest BCUT2D eigenvalue weighted by Gasteiger charge is 2.18. The van der Waals surface area contributed by atoms with E-state index in [1.807, 2.05) is 0 Å². The van der Waals surface area contributed by atoms with Crippen LogP contribution in [0, 0.1) is 6.92 Å². The predicted molar refractivity (Wildman–Crippen MR) is 79.2 cm³/mol. The second-order valence-electron chi connectivity index (χ2n) is 4.28. The molecule has 1 fully saturated rings. The van der Waals surface area contributed by atoms with E-state index < -0.39 is 6.09 Å². The van der Waals surface area contributed by atoms with Crippen LogP contribution in [0.1, 0.15) is 12.1 Å². The molecule has 0 bridgehead atoms. The van der Waals surface area contributed by atoms with Gasteiger partial charge in [-0.2, -0.15) is 0 Å². The van der Waals surface area contributed by atoms with Crippen LogP contribution in [0.15, 0.2) is 6.07 Å². The number of hydrogen-bond donors (Lipinski definition) is 2. The van der Waals surface area contributed by atoms with Gasteiger partial charge in [0.25, 0.3) is 0 Å². The number of hydrogen-bond acceptors (Lipinski definition) is 5. The quantitative estimate of drug-likeness (QED) is 0.833. The molecule has 0 aliphatic carbocycles. The standard InChI is InChI=1S/C12H16ClN3O3.ClH/c1-7-10(19-6-8-3-4-14-8)5-9(11(13)15-7)16-12(17)18-2;/h5,8,14H,3-4,6H2,1-2H3,(H,16,17);1H/t8-;/m0./s1. The molecule has 1 saturated heterocycles. The van der Waals surface area contributed by atoms with Crippen molar-refractivity contribution < 1.29 is 14.3 Å². The zero-order valence-corrected chi connectivity index (χ0v) is 12.8. The lowest BCUT2D eigenvalue weighted by Gasteiger charge is -2.27. The minimum Gasteiger partial charge on any atom is -0.490 e. The number of anilines is 1. The third-order valence-corrected chi connectivity index (χ3v) is 3.20. The summed E-state index contributed by atoms with van der Waals surface area (Å²) >= 11 is 5.95. The molecule has 2 N–H and O–H groups in total. The first kappa shape index (κ1) is 16.8. The number of halogens is 2. The molecule has 1 amide bonds. The van der Waals surface area contributed by atoms with Crippen LogP contribution in [0.3, 0.4) is 0 Å². The summed E-state index contributed by atoms with van der Waals surface area (Å²) in [5.74, 6) is 0.601. The van der Waals surface area contributed by atoms with Crippen molar-refractivity contribution in [3.05, 3.63) is 16.9 Å². The molecule has 0 unspecified atom stereocenters. The minimum absolute atomic E-state index is 0. The molecule has 8 heteroatoms. The highest BCUT2D eigenvalue weighted by atomic mass is 35.5. The SMILES string of the molecule is COC(=O)Nc1cc(OC[C@@H]2CCN2)c(C)nc1Cl.Cl. The van der Waals surface area contributed by atoms with Crippen molar-refractivity contribution in [3.63, 3.8) is 0 Å². The van der Waals surface area contributed by atoms with E-state index >= 15 is 0 Å². The number of methoxy groups -OCH3 is 1. The van der Waals surface area contributed by atoms with E-state index in [4.69, 9.17) is 16.3 Å². The number of pyridine rings is 1. The molecule has 1 aromatic heterocycles. The molecule has 6 nitrogen and oxygen atoms in total. The first-order valence-electron chi connectivity index (χ1n) is 5.98. The van der Waals surface area contributed by atoms with Gasteiger partial charge in [-0.25, -0.2) is 9.78 Å². The second-order valence-corrected chi connectivity index (χ2v) is 4.64. The van der Waals surface area contributed by atoms with Gasteiger partial charge in [0.1, 0.15) is 12.4 Å². The molecule has 0 saturated carbocycles. The summed E-state index contributed by atoms with van der Waals surface area (Å²) in [5.41, 5.74) is 1.05. The van der Waals surface area contributed by atoms with Crippen LogP contribution in [0.4, 0.5) is 10.5 Å². The molecule has 0 spiro atoms. The van der Waals surface area contributed by atoms with Crippen LogP contribution >= 0.6 is 24.0 Å². The number of aryl methyl sites for hydroxylation is 1. The number of amides is 1. The Kier molecular flexibility index (Phi) is 6.32. The maximum absolute atomic E-state index is 11.2. The number of aromatic nitrogens is 1. The summed E-state index contributed by atoms with van der Waals surface area (Å²) in [5, 5.41) is 5.94. The number of rotatable bonds is 4. The van der Waals surface area contributed by atoms with Gasteiger partial charge in [0.2, 0.25) is 0 Å². The fraction of sp³-hybridized carbons (Fsp3) is 0.500. The number of nitrogens with one attached hydrogen (secondary N) is 2. The molecule has 2 rings (SSSR count). The van der Waals surface area contributed by atoms with Crippen molar-refractivity contribution in [1.29, 1.82) is 0 Å². The summed E-state index contributed by atoms with van der Waals surface area (Å²) in [7, 11) is 1.28. The Morgan fingerprint density at radius 1 is 1.65 bits per heavy atom. The smallest absolute Gasteiger partial charge is 0.411 e. The van der Waals surface area contributed by atoms with Crippen LogP contribution in [-0.2, 0) is 4.74 Å². The van der Waals surface area contributed by atoms with Crippen LogP contribution in [0.2, 0.25) is 5.15 Å². The van der Waals surface area contributed by atoms with E-state index in [1.54, 1.807) is 13.0 Å². The van der Waals surface area contributed by atoms with Gasteiger partial charge in [0.05, 0.1) is 18.5 Å². The Morgan fingerprint density at radius 2 is 2.35 bits per heavy atom. The molecular formula is C12H17Cl2N3O3. The van der Waals surface area contributed by atoms with E-state index in [-0.39, 0.29) is 17.6 Å². The maximum atomic E-state index is 11.2. The number of carbonyl (C=O) groups is 1. The van der Waals surface area contributed by atoms with Crippen molar-refractivity contribution >= 4 is 35.8 Å². The average molecular weight is 322 g/mol. The van der Waals surface area contributed by atoms with Gasteiger partial charge in [-0.15, -0.1) is 12.4 Å². The summed E-state index contributed by atoms with van der Waals surface area (Å²) in [6.45, 7) is 3.40. The van der Waals surface area contributed by atoms with Crippen molar-refractivity contribution in [3.8, 4) is 5.75 Å². The second kappa shape index (κ2) is 7.52. The molecule has 2 heterocycles. The fourth-order valence-electron chi connectivity index (χ4n) is 1.63. The topological polar surface area (TPSA) is 72.5 Å². The fourth-order valence-corrected chi connectivity index (χ4v) is 1.86. The number of ether oxygens (including phenoxy) is 2. The highest BCUT2D eigenvalue weighted by Crippen LogP contribution is 2.28. The number of carbonyl (C=O) groups excluding carboxylic acids is 1. The van der Waals surface area contributed by atoms with Crippen LogP contribution in [-0.4, -0.2) is 37.4 Å². The monoisotopic (exact) mass is 321 g/mol. The van der Waals surface area contributed by atoms with E-state index in [0.717, 1.165) is 13.0 Å². The Labute approximate surface area is 128 Å². The molecule has 0 aromatic carbocycles. The largest absolute Gasteiger partial charge is 0.490 e. The molecule has 0 radical (unpaired) electrons. The van der Waals surface area contributed by atoms with Crippen molar-refractivity contribution in [2.24, 2.45) is 0 Å². The molecule has 20 heavy (non-hydrogen) atoms. The molecule has 112 valence electrons. The Hall–Kier alpha value is -1.24. The first-order chi connectivity index (χ1) is 9.10. The van der Waals surface area contributed by atoms with Gasteiger partial charge in [-0.05, 0) is 19.9 Å². The summed E-state index contributed by atoms with van der Waals surface area (Å²) in [6, 6.07) is 2.03. The summed E-state index contributed by atoms with van der Waals surface area (Å²) in [6.07, 6.45) is 0.507. The zero-order chi connectivity index (χ0) is 13.8. The van der Waals surface area contributed by atoms with Crippen LogP contribution < -0.4 is 15.4 Å². The summed E-state index contributed by atoms with van der Waals surface area (Å²) < 4.78 is 10.2. The molecule has 1 aliphatic heterocycles. The van der Waals surface area contributed by atoms with Gasteiger partial charge < -0.3 is 14.8 Å². The van der Waals surface area contributed by atoms with E-state index in [9.17, 15) is 4.79 Å². The average Bonchev–Trinajstić information content (AvgIpc) is 2.32. The number of nitrogens with zero attached hydrogens (tertiary/aromatic N) is 1. The van der Waals surface area contributed by atoms with Crippen LogP contribution in [0.25, 0.3) is 0 Å². The lowest BCUT2D eigenvalue weighted by Crippen LogP contribution is -2.46. The molecular weight excluding hydrogens is 305 g/mol. The van der Waals surface area contributed by atoms with Gasteiger partial charge in [0, 0.05) is 12.1 Å². The van der Waals surface area contributed by atoms with Gasteiger partial charge in [0.15, 0.2) is 5.15 Å². The van der Waals surface area contributed by atoms with Crippen LogP contribution in [0.5, 0.6) is 5.75 Å². The van der Waals surface area contributed by atoms with Crippen molar-refractivity contribution in [2.45, 2.75) is 19.4 Å². The minimum atomic E-state index is -0.598. The molecule has 1 aliphatic rings. The molecule has 1 aromatic rings. The van der Waals surface area contributed by atoms with E-state index in [0.29, 0.717) is 29.8 Å². The Morgan fingerprint density at radius 3 is 2.90 bits per heavy atom. The third-order valence-electron chi connectivity index (χ3n) is 2.91. The first-order valence-corrected chi connectivity index (χ1v) is 6.36. The van der Waals surface area contributed by atoms with Gasteiger partial charge in [-0.3, -0.25) is 5.32 Å². The normalized spacial score (nSPS) is 16.6. The highest BCUT2D eigenvalue weighted by molar-refractivity contribution is 6.32. The maximum Gasteiger partial charge on any atom is 0.411 e. The summed E-state index contributed by atoms with van der Waals surface area (Å²) in [4.78, 5) is 15.3. The Balaban J connectivity index is 0.00000200. The zero-order valence-electron chi connectivity index (χ0n) is 11.2. The van der Waals surface area contributed by atoms with E-state index in [2.05, 4.69) is 20.4 Å². The lowest BCUT2D eigenvalue weighted by atomic mass is 10.1.